The molecule has 5 heteroatoms. The van der Waals surface area contributed by atoms with Crippen LogP contribution in [0.2, 0.25) is 0 Å². The van der Waals surface area contributed by atoms with Gasteiger partial charge >= 0.3 is 0 Å². The molecule has 1 amide bonds. The van der Waals surface area contributed by atoms with E-state index >= 15 is 0 Å². The second-order valence-electron chi connectivity index (χ2n) is 7.77. The Labute approximate surface area is 141 Å². The summed E-state index contributed by atoms with van der Waals surface area (Å²) in [7, 11) is 1.70. The number of ether oxygens (including phenoxy) is 1. The van der Waals surface area contributed by atoms with Gasteiger partial charge in [-0.05, 0) is 45.4 Å². The van der Waals surface area contributed by atoms with Gasteiger partial charge in [0.15, 0.2) is 0 Å². The molecule has 1 saturated carbocycles. The van der Waals surface area contributed by atoms with Gasteiger partial charge in [-0.1, -0.05) is 6.92 Å². The minimum Gasteiger partial charge on any atom is -0.383 e. The van der Waals surface area contributed by atoms with Crippen LogP contribution in [0.25, 0.3) is 0 Å². The first-order valence-corrected chi connectivity index (χ1v) is 9.26. The van der Waals surface area contributed by atoms with Crippen molar-refractivity contribution in [1.29, 1.82) is 0 Å². The summed E-state index contributed by atoms with van der Waals surface area (Å²) in [4.78, 5) is 14.7. The molecule has 0 aromatic rings. The molecule has 2 aliphatic rings. The molecule has 2 fully saturated rings. The van der Waals surface area contributed by atoms with Crippen LogP contribution in [0.15, 0.2) is 0 Å². The number of amides is 1. The van der Waals surface area contributed by atoms with E-state index in [1.54, 1.807) is 7.11 Å². The van der Waals surface area contributed by atoms with Crippen molar-refractivity contribution in [1.82, 2.24) is 15.5 Å². The summed E-state index contributed by atoms with van der Waals surface area (Å²) in [6.07, 6.45) is 5.12. The van der Waals surface area contributed by atoms with E-state index in [2.05, 4.69) is 36.3 Å². The third-order valence-electron chi connectivity index (χ3n) is 5.39. The largest absolute Gasteiger partial charge is 0.383 e. The SMILES string of the molecule is COC[C@H](CNC1CCC(C)CC1)NC(=O)C1CN(C(C)C)C1. The summed E-state index contributed by atoms with van der Waals surface area (Å²) in [6, 6.07) is 1.20. The van der Waals surface area contributed by atoms with Crippen molar-refractivity contribution in [3.05, 3.63) is 0 Å². The Kier molecular flexibility index (Phi) is 7.31. The molecule has 1 aliphatic heterocycles. The van der Waals surface area contributed by atoms with Crippen LogP contribution in [-0.4, -0.2) is 62.3 Å². The van der Waals surface area contributed by atoms with Crippen LogP contribution in [0.4, 0.5) is 0 Å². The Morgan fingerprint density at radius 2 is 1.87 bits per heavy atom. The van der Waals surface area contributed by atoms with Gasteiger partial charge < -0.3 is 15.4 Å². The second-order valence-corrected chi connectivity index (χ2v) is 7.77. The number of nitrogens with zero attached hydrogens (tertiary/aromatic N) is 1. The first kappa shape index (κ1) is 18.7. The highest BCUT2D eigenvalue weighted by molar-refractivity contribution is 5.80. The van der Waals surface area contributed by atoms with Gasteiger partial charge in [0.1, 0.15) is 0 Å². The molecule has 2 N–H and O–H groups in total. The minimum atomic E-state index is 0.0694. The molecule has 0 unspecified atom stereocenters. The molecule has 5 nitrogen and oxygen atoms in total. The Morgan fingerprint density at radius 1 is 1.22 bits per heavy atom. The van der Waals surface area contributed by atoms with Gasteiger partial charge in [0.25, 0.3) is 0 Å². The molecule has 0 bridgehead atoms. The van der Waals surface area contributed by atoms with Gasteiger partial charge in [-0.25, -0.2) is 0 Å². The van der Waals surface area contributed by atoms with E-state index in [9.17, 15) is 4.79 Å². The van der Waals surface area contributed by atoms with Crippen molar-refractivity contribution in [2.45, 2.75) is 64.6 Å². The molecular weight excluding hydrogens is 290 g/mol. The fourth-order valence-electron chi connectivity index (χ4n) is 3.55. The number of nitrogens with one attached hydrogen (secondary N) is 2. The summed E-state index contributed by atoms with van der Waals surface area (Å²) in [6.45, 7) is 9.84. The first-order valence-electron chi connectivity index (χ1n) is 9.26. The van der Waals surface area contributed by atoms with E-state index in [0.717, 1.165) is 25.6 Å². The first-order chi connectivity index (χ1) is 11.0. The van der Waals surface area contributed by atoms with Gasteiger partial charge in [-0.2, -0.15) is 0 Å². The molecular formula is C18H35N3O2. The quantitative estimate of drug-likeness (QED) is 0.712. The number of carbonyl (C=O) groups is 1. The average molecular weight is 325 g/mol. The monoisotopic (exact) mass is 325 g/mol. The molecule has 1 atom stereocenters. The van der Waals surface area contributed by atoms with E-state index in [1.807, 2.05) is 0 Å². The standard InChI is InChI=1S/C18H35N3O2/c1-13(2)21-10-15(11-21)18(22)20-17(12-23-4)9-19-16-7-5-14(3)6-8-16/h13-17,19H,5-12H2,1-4H3,(H,20,22)/t14?,16?,17-/m0/s1. The Bertz CT molecular complexity index is 361. The summed E-state index contributed by atoms with van der Waals surface area (Å²) in [5.74, 6) is 1.19. The topological polar surface area (TPSA) is 53.6 Å². The Hall–Kier alpha value is -0.650. The van der Waals surface area contributed by atoms with Gasteiger partial charge in [-0.15, -0.1) is 0 Å². The summed E-state index contributed by atoms with van der Waals surface area (Å²) < 4.78 is 5.29. The molecule has 2 rings (SSSR count). The molecule has 1 saturated heterocycles. The number of hydrogen-bond acceptors (Lipinski definition) is 4. The van der Waals surface area contributed by atoms with Crippen molar-refractivity contribution in [2.75, 3.05) is 33.4 Å². The molecule has 0 aromatic heterocycles. The third-order valence-corrected chi connectivity index (χ3v) is 5.39. The van der Waals surface area contributed by atoms with E-state index in [0.29, 0.717) is 18.7 Å². The van der Waals surface area contributed by atoms with Crippen LogP contribution in [0, 0.1) is 11.8 Å². The molecule has 0 aromatic carbocycles. The smallest absolute Gasteiger partial charge is 0.226 e. The number of methoxy groups -OCH3 is 1. The average Bonchev–Trinajstić information content (AvgIpc) is 2.44. The van der Waals surface area contributed by atoms with E-state index in [-0.39, 0.29) is 17.9 Å². The van der Waals surface area contributed by atoms with Crippen LogP contribution in [0.3, 0.4) is 0 Å². The van der Waals surface area contributed by atoms with Gasteiger partial charge in [-0.3, -0.25) is 9.69 Å². The van der Waals surface area contributed by atoms with Crippen molar-refractivity contribution in [3.8, 4) is 0 Å². The van der Waals surface area contributed by atoms with Crippen LogP contribution >= 0.6 is 0 Å². The highest BCUT2D eigenvalue weighted by atomic mass is 16.5. The molecule has 23 heavy (non-hydrogen) atoms. The van der Waals surface area contributed by atoms with Crippen LogP contribution in [0.5, 0.6) is 0 Å². The van der Waals surface area contributed by atoms with Crippen LogP contribution < -0.4 is 10.6 Å². The molecule has 0 spiro atoms. The zero-order valence-corrected chi connectivity index (χ0v) is 15.3. The van der Waals surface area contributed by atoms with Crippen molar-refractivity contribution in [2.24, 2.45) is 11.8 Å². The summed E-state index contributed by atoms with van der Waals surface area (Å²) in [5.41, 5.74) is 0. The molecule has 1 aliphatic carbocycles. The highest BCUT2D eigenvalue weighted by Gasteiger charge is 2.34. The summed E-state index contributed by atoms with van der Waals surface area (Å²) in [5, 5.41) is 6.80. The lowest BCUT2D eigenvalue weighted by atomic mass is 9.87. The fourth-order valence-corrected chi connectivity index (χ4v) is 3.55. The predicted molar refractivity (Wildman–Crippen MR) is 93.4 cm³/mol. The normalized spacial score (nSPS) is 27.7. The second kappa shape index (κ2) is 9.00. The Morgan fingerprint density at radius 3 is 2.43 bits per heavy atom. The zero-order valence-electron chi connectivity index (χ0n) is 15.3. The van der Waals surface area contributed by atoms with Gasteiger partial charge in [0, 0.05) is 38.8 Å². The fraction of sp³-hybridized carbons (Fsp3) is 0.944. The Balaban J connectivity index is 1.70. The highest BCUT2D eigenvalue weighted by Crippen LogP contribution is 2.23. The number of hydrogen-bond donors (Lipinski definition) is 2. The maximum atomic E-state index is 12.4. The van der Waals surface area contributed by atoms with Crippen LogP contribution in [0.1, 0.15) is 46.5 Å². The maximum Gasteiger partial charge on any atom is 0.226 e. The van der Waals surface area contributed by atoms with Crippen molar-refractivity contribution in [3.63, 3.8) is 0 Å². The van der Waals surface area contributed by atoms with E-state index < -0.39 is 0 Å². The minimum absolute atomic E-state index is 0.0694. The lowest BCUT2D eigenvalue weighted by Gasteiger charge is -2.41. The molecule has 0 radical (unpaired) electrons. The van der Waals surface area contributed by atoms with Gasteiger partial charge in [0.2, 0.25) is 5.91 Å². The van der Waals surface area contributed by atoms with Crippen LogP contribution in [-0.2, 0) is 9.53 Å². The third kappa shape index (κ3) is 5.73. The maximum absolute atomic E-state index is 12.4. The van der Waals surface area contributed by atoms with E-state index in [4.69, 9.17) is 4.74 Å². The summed E-state index contributed by atoms with van der Waals surface area (Å²) >= 11 is 0. The zero-order chi connectivity index (χ0) is 16.8. The number of likely N-dealkylation sites (tertiary alicyclic amines) is 1. The van der Waals surface area contributed by atoms with Crippen molar-refractivity contribution < 1.29 is 9.53 Å². The lowest BCUT2D eigenvalue weighted by molar-refractivity contribution is -0.132. The van der Waals surface area contributed by atoms with Crippen molar-refractivity contribution >= 4 is 5.91 Å². The molecule has 134 valence electrons. The number of rotatable bonds is 8. The van der Waals surface area contributed by atoms with E-state index in [1.165, 1.54) is 25.7 Å². The lowest BCUT2D eigenvalue weighted by Crippen LogP contribution is -2.58. The van der Waals surface area contributed by atoms with Gasteiger partial charge in [0.05, 0.1) is 18.6 Å². The predicted octanol–water partition coefficient (Wildman–Crippen LogP) is 1.63. The number of carbonyl (C=O) groups excluding carboxylic acids is 1. The molecule has 1 heterocycles.